The maximum atomic E-state index is 6.13. The van der Waals surface area contributed by atoms with Crippen LogP contribution in [0.2, 0.25) is 0 Å². The van der Waals surface area contributed by atoms with E-state index in [1.807, 2.05) is 43.3 Å². The molecule has 29 heavy (non-hydrogen) atoms. The molecule has 2 atom stereocenters. The van der Waals surface area contributed by atoms with Crippen LogP contribution in [0.3, 0.4) is 0 Å². The third-order valence-electron chi connectivity index (χ3n) is 6.12. The van der Waals surface area contributed by atoms with E-state index in [4.69, 9.17) is 15.6 Å². The fraction of sp³-hybridized carbons (Fsp3) is 0.364. The van der Waals surface area contributed by atoms with E-state index >= 15 is 0 Å². The molecule has 0 saturated carbocycles. The Morgan fingerprint density at radius 3 is 2.79 bits per heavy atom. The third kappa shape index (κ3) is 3.47. The van der Waals surface area contributed by atoms with Crippen LogP contribution in [0.4, 0.5) is 5.82 Å². The van der Waals surface area contributed by atoms with Crippen LogP contribution in [0.1, 0.15) is 37.1 Å². The maximum Gasteiger partial charge on any atom is 0.166 e. The normalized spacial score (nSPS) is 21.0. The highest BCUT2D eigenvalue weighted by molar-refractivity contribution is 5.85. The van der Waals surface area contributed by atoms with Crippen molar-refractivity contribution in [3.63, 3.8) is 0 Å². The van der Waals surface area contributed by atoms with Crippen molar-refractivity contribution in [3.8, 4) is 17.0 Å². The van der Waals surface area contributed by atoms with Gasteiger partial charge in [-0.15, -0.1) is 12.4 Å². The second-order valence-electron chi connectivity index (χ2n) is 7.87. The third-order valence-corrected chi connectivity index (χ3v) is 6.12. The highest BCUT2D eigenvalue weighted by atomic mass is 35.5. The molecule has 4 heterocycles. The Balaban J connectivity index is 0.00000205. The van der Waals surface area contributed by atoms with Crippen molar-refractivity contribution in [2.75, 3.05) is 18.8 Å². The number of nitrogens with two attached hydrogens (primary N) is 1. The zero-order valence-corrected chi connectivity index (χ0v) is 17.3. The average Bonchev–Trinajstić information content (AvgIpc) is 3.43. The van der Waals surface area contributed by atoms with Crippen LogP contribution in [0.15, 0.2) is 48.7 Å². The van der Waals surface area contributed by atoms with Crippen molar-refractivity contribution < 1.29 is 4.74 Å². The minimum absolute atomic E-state index is 0. The Morgan fingerprint density at radius 1 is 1.21 bits per heavy atom. The zero-order valence-electron chi connectivity index (χ0n) is 16.5. The summed E-state index contributed by atoms with van der Waals surface area (Å²) in [5.41, 5.74) is 10.6. The summed E-state index contributed by atoms with van der Waals surface area (Å²) in [7, 11) is 0. The second kappa shape index (κ2) is 7.69. The standard InChI is InChI=1S/C22H25N5O.ClH/c1-15(16-5-3-2-4-6-16)28-19-11-17(13-25-21(19)23)18-12-20-22(7-9-24-14-22)8-10-27(20)26-18;/h2-6,11-13,15,24H,7-10,14H2,1H3,(H2,23,25);1H. The molecule has 2 aromatic heterocycles. The van der Waals surface area contributed by atoms with Gasteiger partial charge >= 0.3 is 0 Å². The lowest BCUT2D eigenvalue weighted by molar-refractivity contribution is 0.227. The second-order valence-corrected chi connectivity index (χ2v) is 7.87. The van der Waals surface area contributed by atoms with Crippen molar-refractivity contribution in [3.05, 3.63) is 59.9 Å². The number of hydrogen-bond acceptors (Lipinski definition) is 5. The minimum Gasteiger partial charge on any atom is -0.482 e. The van der Waals surface area contributed by atoms with Crippen LogP contribution in [0, 0.1) is 0 Å². The van der Waals surface area contributed by atoms with Crippen LogP contribution in [-0.2, 0) is 12.0 Å². The quantitative estimate of drug-likeness (QED) is 0.684. The van der Waals surface area contributed by atoms with E-state index in [0.717, 1.165) is 36.5 Å². The van der Waals surface area contributed by atoms with Gasteiger partial charge in [0, 0.05) is 36.0 Å². The maximum absolute atomic E-state index is 6.13. The molecule has 1 saturated heterocycles. The minimum atomic E-state index is -0.111. The molecule has 0 aliphatic carbocycles. The monoisotopic (exact) mass is 411 g/mol. The molecule has 2 aliphatic rings. The van der Waals surface area contributed by atoms with E-state index in [1.165, 1.54) is 18.5 Å². The lowest BCUT2D eigenvalue weighted by atomic mass is 9.82. The van der Waals surface area contributed by atoms with Crippen LogP contribution >= 0.6 is 12.4 Å². The Kier molecular flexibility index (Phi) is 5.23. The number of anilines is 1. The molecule has 1 aromatic carbocycles. The van der Waals surface area contributed by atoms with Gasteiger partial charge in [-0.25, -0.2) is 4.98 Å². The summed E-state index contributed by atoms with van der Waals surface area (Å²) < 4.78 is 8.29. The predicted octanol–water partition coefficient (Wildman–Crippen LogP) is 3.72. The van der Waals surface area contributed by atoms with E-state index in [1.54, 1.807) is 6.20 Å². The summed E-state index contributed by atoms with van der Waals surface area (Å²) in [6.45, 7) is 5.12. The number of aryl methyl sites for hydroxylation is 1. The number of fused-ring (bicyclic) bond motifs is 2. The summed E-state index contributed by atoms with van der Waals surface area (Å²) in [6.07, 6.45) is 4.03. The number of aromatic nitrogens is 3. The molecule has 2 unspecified atom stereocenters. The van der Waals surface area contributed by atoms with Crippen molar-refractivity contribution >= 4 is 18.2 Å². The van der Waals surface area contributed by atoms with Crippen molar-refractivity contribution in [1.29, 1.82) is 0 Å². The topological polar surface area (TPSA) is 78.0 Å². The van der Waals surface area contributed by atoms with Gasteiger partial charge in [0.1, 0.15) is 6.10 Å². The first-order chi connectivity index (χ1) is 13.6. The number of hydrogen-bond donors (Lipinski definition) is 2. The number of benzene rings is 1. The van der Waals surface area contributed by atoms with Crippen molar-refractivity contribution in [2.24, 2.45) is 0 Å². The molecule has 0 bridgehead atoms. The lowest BCUT2D eigenvalue weighted by Gasteiger charge is -2.20. The molecule has 3 aromatic rings. The number of pyridine rings is 1. The van der Waals surface area contributed by atoms with E-state index in [-0.39, 0.29) is 23.9 Å². The fourth-order valence-electron chi connectivity index (χ4n) is 4.45. The highest BCUT2D eigenvalue weighted by Gasteiger charge is 2.42. The van der Waals surface area contributed by atoms with Crippen molar-refractivity contribution in [1.82, 2.24) is 20.1 Å². The van der Waals surface area contributed by atoms with E-state index in [9.17, 15) is 0 Å². The molecule has 0 radical (unpaired) electrons. The van der Waals surface area contributed by atoms with E-state index < -0.39 is 0 Å². The molecule has 0 amide bonds. The van der Waals surface area contributed by atoms with Gasteiger partial charge in [0.05, 0.1) is 5.69 Å². The van der Waals surface area contributed by atoms with Crippen LogP contribution in [0.25, 0.3) is 11.3 Å². The van der Waals surface area contributed by atoms with Gasteiger partial charge in [0.15, 0.2) is 11.6 Å². The first kappa shape index (κ1) is 19.7. The average molecular weight is 412 g/mol. The van der Waals surface area contributed by atoms with Gasteiger partial charge in [-0.2, -0.15) is 5.10 Å². The van der Waals surface area contributed by atoms with Gasteiger partial charge in [-0.1, -0.05) is 30.3 Å². The number of nitrogen functional groups attached to an aromatic ring is 1. The molecule has 2 aliphatic heterocycles. The Hall–Kier alpha value is -2.57. The molecule has 7 heteroatoms. The summed E-state index contributed by atoms with van der Waals surface area (Å²) in [5.74, 6) is 0.994. The van der Waals surface area contributed by atoms with Gasteiger partial charge < -0.3 is 15.8 Å². The molecule has 3 N–H and O–H groups in total. The van der Waals surface area contributed by atoms with Gasteiger partial charge in [0.2, 0.25) is 0 Å². The number of ether oxygens (including phenoxy) is 1. The summed E-state index contributed by atoms with van der Waals surface area (Å²) >= 11 is 0. The van der Waals surface area contributed by atoms with Crippen LogP contribution in [-0.4, -0.2) is 27.9 Å². The molecule has 5 rings (SSSR count). The number of nitrogens with one attached hydrogen (secondary N) is 1. The van der Waals surface area contributed by atoms with Crippen molar-refractivity contribution in [2.45, 2.75) is 37.8 Å². The summed E-state index contributed by atoms with van der Waals surface area (Å²) in [6, 6.07) is 14.3. The zero-order chi connectivity index (χ0) is 19.1. The Bertz CT molecular complexity index is 998. The SMILES string of the molecule is CC(Oc1cc(-c2cc3n(n2)CCC32CCNC2)cnc1N)c1ccccc1.Cl. The molecule has 1 fully saturated rings. The first-order valence-electron chi connectivity index (χ1n) is 9.91. The summed E-state index contributed by atoms with van der Waals surface area (Å²) in [4.78, 5) is 4.37. The number of halogens is 1. The lowest BCUT2D eigenvalue weighted by Crippen LogP contribution is -2.25. The number of nitrogens with zero attached hydrogens (tertiary/aromatic N) is 3. The highest BCUT2D eigenvalue weighted by Crippen LogP contribution is 2.41. The number of rotatable bonds is 4. The van der Waals surface area contributed by atoms with Gasteiger partial charge in [-0.05, 0) is 44.0 Å². The molecular weight excluding hydrogens is 386 g/mol. The molecule has 6 nitrogen and oxygen atoms in total. The fourth-order valence-corrected chi connectivity index (χ4v) is 4.45. The van der Waals surface area contributed by atoms with Gasteiger partial charge in [0.25, 0.3) is 0 Å². The molecule has 152 valence electrons. The van der Waals surface area contributed by atoms with Crippen LogP contribution in [0.5, 0.6) is 5.75 Å². The first-order valence-corrected chi connectivity index (χ1v) is 9.91. The predicted molar refractivity (Wildman–Crippen MR) is 116 cm³/mol. The molecule has 1 spiro atoms. The van der Waals surface area contributed by atoms with Gasteiger partial charge in [-0.3, -0.25) is 4.68 Å². The molecular formula is C22H26ClN5O. The Morgan fingerprint density at radius 2 is 2.03 bits per heavy atom. The van der Waals surface area contributed by atoms with Crippen LogP contribution < -0.4 is 15.8 Å². The Labute approximate surface area is 176 Å². The smallest absolute Gasteiger partial charge is 0.166 e. The largest absolute Gasteiger partial charge is 0.482 e. The van der Waals surface area contributed by atoms with E-state index in [0.29, 0.717) is 11.6 Å². The summed E-state index contributed by atoms with van der Waals surface area (Å²) in [5, 5.41) is 8.35. The van der Waals surface area contributed by atoms with E-state index in [2.05, 4.69) is 21.0 Å².